The molecule has 4 rings (SSSR count). The van der Waals surface area contributed by atoms with Crippen LogP contribution in [0.2, 0.25) is 0 Å². The average molecular weight is 510 g/mol. The first-order valence-corrected chi connectivity index (χ1v) is 11.5. The van der Waals surface area contributed by atoms with Crippen LogP contribution in [0.1, 0.15) is 30.0 Å². The molecular weight excluding hydrogens is 490 g/mol. The molecule has 1 aliphatic carbocycles. The minimum atomic E-state index is -4.91. The Kier molecular flexibility index (Phi) is 5.75. The second-order valence-corrected chi connectivity index (χ2v) is 10.2. The molecule has 1 spiro atoms. The second kappa shape index (κ2) is 7.97. The number of rotatable bonds is 5. The predicted molar refractivity (Wildman–Crippen MR) is 109 cm³/mol. The van der Waals surface area contributed by atoms with Gasteiger partial charge in [-0.1, -0.05) is 0 Å². The van der Waals surface area contributed by atoms with E-state index in [1.807, 2.05) is 0 Å². The van der Waals surface area contributed by atoms with Gasteiger partial charge in [0.05, 0.1) is 22.6 Å². The van der Waals surface area contributed by atoms with Crippen LogP contribution < -0.4 is 0 Å². The minimum absolute atomic E-state index is 0.187. The Morgan fingerprint density at radius 1 is 1.24 bits per heavy atom. The summed E-state index contributed by atoms with van der Waals surface area (Å²) in [6.45, 7) is -0.389. The molecule has 0 bridgehead atoms. The maximum Gasteiger partial charge on any atom is 0.417 e. The molecule has 1 saturated heterocycles. The number of oxazole rings is 1. The zero-order valence-electron chi connectivity index (χ0n) is 18.0. The van der Waals surface area contributed by atoms with Gasteiger partial charge in [-0.25, -0.2) is 18.2 Å². The van der Waals surface area contributed by atoms with E-state index in [9.17, 15) is 34.8 Å². The first-order chi connectivity index (χ1) is 15.7. The lowest BCUT2D eigenvalue weighted by atomic mass is 9.91. The maximum absolute atomic E-state index is 14.9. The largest absolute Gasteiger partial charge is 0.444 e. The van der Waals surface area contributed by atoms with E-state index in [2.05, 4.69) is 9.38 Å². The van der Waals surface area contributed by atoms with E-state index >= 15 is 0 Å². The van der Waals surface area contributed by atoms with Crippen molar-refractivity contribution in [2.75, 3.05) is 27.2 Å². The lowest BCUT2D eigenvalue weighted by Crippen LogP contribution is -2.40. The molecule has 7 nitrogen and oxygen atoms in total. The van der Waals surface area contributed by atoms with Crippen molar-refractivity contribution in [3.05, 3.63) is 41.5 Å². The smallest absolute Gasteiger partial charge is 0.417 e. The molecule has 34 heavy (non-hydrogen) atoms. The third kappa shape index (κ3) is 4.06. The first-order valence-electron chi connectivity index (χ1n) is 10.1. The molecule has 0 amide bonds. The molecule has 0 radical (unpaired) electrons. The van der Waals surface area contributed by atoms with E-state index in [4.69, 9.17) is 4.42 Å². The van der Waals surface area contributed by atoms with E-state index in [-0.39, 0.29) is 37.7 Å². The number of hydrogen-bond acceptors (Lipinski definition) is 4. The molecular formula is C20H20F6N4O3S. The van der Waals surface area contributed by atoms with Gasteiger partial charge >= 0.3 is 16.4 Å². The topological polar surface area (TPSA) is 79.0 Å². The zero-order chi connectivity index (χ0) is 25.1. The van der Waals surface area contributed by atoms with Crippen molar-refractivity contribution >= 4 is 16.5 Å². The normalized spacial score (nSPS) is 22.4. The van der Waals surface area contributed by atoms with Gasteiger partial charge in [-0.05, 0) is 31.0 Å². The van der Waals surface area contributed by atoms with Crippen LogP contribution >= 0.6 is 0 Å². The maximum atomic E-state index is 14.9. The number of piperidine rings is 1. The van der Waals surface area contributed by atoms with Crippen LogP contribution in [0.15, 0.2) is 33.3 Å². The van der Waals surface area contributed by atoms with Gasteiger partial charge < -0.3 is 9.32 Å². The summed E-state index contributed by atoms with van der Waals surface area (Å²) in [6.07, 6.45) is -3.32. The Bertz CT molecular complexity index is 1220. The molecule has 1 aromatic carbocycles. The number of hydrogen-bond donors (Lipinski definition) is 0. The van der Waals surface area contributed by atoms with Crippen LogP contribution in [-0.4, -0.2) is 62.1 Å². The molecule has 2 heterocycles. The summed E-state index contributed by atoms with van der Waals surface area (Å²) in [4.78, 5) is 5.30. The van der Waals surface area contributed by atoms with Gasteiger partial charge in [-0.3, -0.25) is 0 Å². The molecule has 1 saturated carbocycles. The number of alkyl halides is 5. The number of halogens is 6. The van der Waals surface area contributed by atoms with Crippen LogP contribution in [0, 0.1) is 11.2 Å². The highest BCUT2D eigenvalue weighted by Gasteiger charge is 2.81. The molecule has 2 fully saturated rings. The fourth-order valence-electron chi connectivity index (χ4n) is 4.42. The summed E-state index contributed by atoms with van der Waals surface area (Å²) in [6, 6.07) is 1.89. The van der Waals surface area contributed by atoms with E-state index in [0.717, 1.165) is 29.0 Å². The van der Waals surface area contributed by atoms with Crippen molar-refractivity contribution in [1.82, 2.24) is 14.2 Å². The molecule has 1 unspecified atom stereocenters. The van der Waals surface area contributed by atoms with Crippen LogP contribution in [0.25, 0.3) is 11.5 Å². The monoisotopic (exact) mass is 510 g/mol. The highest BCUT2D eigenvalue weighted by atomic mass is 32.2. The average Bonchev–Trinajstić information content (AvgIpc) is 3.05. The Balaban J connectivity index is 1.56. The lowest BCUT2D eigenvalue weighted by Gasteiger charge is -2.30. The molecule has 186 valence electrons. The summed E-state index contributed by atoms with van der Waals surface area (Å²) in [5, 5.41) is 0. The molecule has 14 heteroatoms. The predicted octanol–water partition coefficient (Wildman–Crippen LogP) is 4.15. The molecule has 1 aromatic heterocycles. The van der Waals surface area contributed by atoms with Crippen LogP contribution in [0.3, 0.4) is 0 Å². The Labute approximate surface area is 191 Å². The van der Waals surface area contributed by atoms with Gasteiger partial charge in [-0.15, -0.1) is 4.40 Å². The Hall–Kier alpha value is -2.61. The standard InChI is InChI=1S/C20H20F6N4O3S/c1-29(2)11-27-34(31,32)30-7-5-18(6-8-30)16(19(18,22)23)15-10-33-17(28-15)13-4-3-12(21)9-14(13)20(24,25)26/h3-4,9-11,16H,5-8H2,1-2H3. The highest BCUT2D eigenvalue weighted by molar-refractivity contribution is 7.87. The number of nitrogens with zero attached hydrogens (tertiary/aromatic N) is 4. The van der Waals surface area contributed by atoms with E-state index in [1.54, 1.807) is 14.1 Å². The van der Waals surface area contributed by atoms with Gasteiger partial charge in [0.25, 0.3) is 5.92 Å². The summed E-state index contributed by atoms with van der Waals surface area (Å²) in [5.41, 5.74) is -3.74. The number of aromatic nitrogens is 1. The van der Waals surface area contributed by atoms with Gasteiger partial charge in [0.15, 0.2) is 0 Å². The molecule has 2 aromatic rings. The first kappa shape index (κ1) is 24.5. The summed E-state index contributed by atoms with van der Waals surface area (Å²) in [7, 11) is -0.872. The van der Waals surface area contributed by atoms with Crippen LogP contribution in [0.4, 0.5) is 26.3 Å². The van der Waals surface area contributed by atoms with E-state index in [1.165, 1.54) is 4.90 Å². The third-order valence-electron chi connectivity index (χ3n) is 6.18. The lowest BCUT2D eigenvalue weighted by molar-refractivity contribution is -0.137. The van der Waals surface area contributed by atoms with Crippen LogP contribution in [-0.2, 0) is 16.4 Å². The molecule has 2 aliphatic rings. The summed E-state index contributed by atoms with van der Waals surface area (Å²) < 4.78 is 117. The second-order valence-electron chi connectivity index (χ2n) is 8.54. The molecule has 1 aliphatic heterocycles. The van der Waals surface area contributed by atoms with E-state index in [0.29, 0.717) is 0 Å². The third-order valence-corrected chi connectivity index (χ3v) is 7.56. The summed E-state index contributed by atoms with van der Waals surface area (Å²) in [5.74, 6) is -6.37. The van der Waals surface area contributed by atoms with Crippen molar-refractivity contribution in [2.24, 2.45) is 9.81 Å². The van der Waals surface area contributed by atoms with Crippen molar-refractivity contribution in [3.8, 4) is 11.5 Å². The van der Waals surface area contributed by atoms with Crippen molar-refractivity contribution in [2.45, 2.75) is 30.9 Å². The summed E-state index contributed by atoms with van der Waals surface area (Å²) >= 11 is 0. The van der Waals surface area contributed by atoms with Gasteiger partial charge in [0.2, 0.25) is 5.89 Å². The minimum Gasteiger partial charge on any atom is -0.444 e. The van der Waals surface area contributed by atoms with Gasteiger partial charge in [0, 0.05) is 32.7 Å². The molecule has 0 N–H and O–H groups in total. The zero-order valence-corrected chi connectivity index (χ0v) is 18.8. The van der Waals surface area contributed by atoms with Gasteiger partial charge in [0.1, 0.15) is 18.4 Å². The van der Waals surface area contributed by atoms with Crippen molar-refractivity contribution < 1.29 is 39.2 Å². The Morgan fingerprint density at radius 3 is 2.47 bits per heavy atom. The van der Waals surface area contributed by atoms with Crippen molar-refractivity contribution in [1.29, 1.82) is 0 Å². The number of benzene rings is 1. The van der Waals surface area contributed by atoms with Crippen molar-refractivity contribution in [3.63, 3.8) is 0 Å². The fourth-order valence-corrected chi connectivity index (χ4v) is 5.50. The van der Waals surface area contributed by atoms with Gasteiger partial charge in [-0.2, -0.15) is 25.9 Å². The Morgan fingerprint density at radius 2 is 1.88 bits per heavy atom. The molecule has 1 atom stereocenters. The van der Waals surface area contributed by atoms with Crippen LogP contribution in [0.5, 0.6) is 0 Å². The fraction of sp³-hybridized carbons (Fsp3) is 0.500. The highest BCUT2D eigenvalue weighted by Crippen LogP contribution is 2.75. The quantitative estimate of drug-likeness (QED) is 0.343. The van der Waals surface area contributed by atoms with E-state index < -0.39 is 56.5 Å². The SMILES string of the molecule is CN(C)C=NS(=O)(=O)N1CCC2(CC1)C(c1coc(-c3ccc(F)cc3C(F)(F)F)n1)C2(F)F.